The summed E-state index contributed by atoms with van der Waals surface area (Å²) in [4.78, 5) is 23.7. The standard InChI is InChI=1S/C17H24N2O4/c1-4-8-17(22,9-5-2)11-15(20)18-12-6-7-13-14(10-12)23-16(21)19(13)3/h6-7,10,22H,4-5,8-9,11H2,1-3H3,(H,18,20). The summed E-state index contributed by atoms with van der Waals surface area (Å²) in [6.45, 7) is 3.98. The van der Waals surface area contributed by atoms with Gasteiger partial charge in [-0.05, 0) is 25.0 Å². The Hall–Kier alpha value is -2.08. The summed E-state index contributed by atoms with van der Waals surface area (Å²) in [6.07, 6.45) is 2.91. The number of nitrogens with one attached hydrogen (secondary N) is 1. The summed E-state index contributed by atoms with van der Waals surface area (Å²) in [7, 11) is 1.63. The number of rotatable bonds is 7. The largest absolute Gasteiger partial charge is 0.419 e. The molecule has 0 radical (unpaired) electrons. The molecule has 0 bridgehead atoms. The summed E-state index contributed by atoms with van der Waals surface area (Å²) in [5, 5.41) is 13.3. The highest BCUT2D eigenvalue weighted by Crippen LogP contribution is 2.25. The molecule has 1 amide bonds. The normalized spacial score (nSPS) is 11.8. The van der Waals surface area contributed by atoms with Gasteiger partial charge in [-0.25, -0.2) is 4.79 Å². The van der Waals surface area contributed by atoms with Crippen LogP contribution in [0.4, 0.5) is 5.69 Å². The third-order valence-corrected chi connectivity index (χ3v) is 4.00. The molecule has 2 aromatic rings. The van der Waals surface area contributed by atoms with Crippen molar-refractivity contribution in [3.63, 3.8) is 0 Å². The van der Waals surface area contributed by atoms with Crippen LogP contribution in [-0.4, -0.2) is 21.2 Å². The van der Waals surface area contributed by atoms with Gasteiger partial charge in [0.2, 0.25) is 5.91 Å². The summed E-state index contributed by atoms with van der Waals surface area (Å²) < 4.78 is 6.51. The van der Waals surface area contributed by atoms with Crippen molar-refractivity contribution < 1.29 is 14.3 Å². The van der Waals surface area contributed by atoms with Crippen LogP contribution in [0.25, 0.3) is 11.1 Å². The zero-order chi connectivity index (χ0) is 17.0. The maximum atomic E-state index is 12.2. The van der Waals surface area contributed by atoms with Crippen molar-refractivity contribution >= 4 is 22.7 Å². The minimum atomic E-state index is -0.961. The van der Waals surface area contributed by atoms with Crippen molar-refractivity contribution in [1.29, 1.82) is 0 Å². The molecule has 0 saturated heterocycles. The van der Waals surface area contributed by atoms with Crippen molar-refractivity contribution in [2.45, 2.75) is 51.6 Å². The fraction of sp³-hybridized carbons (Fsp3) is 0.529. The first kappa shape index (κ1) is 17.3. The number of oxazole rings is 1. The van der Waals surface area contributed by atoms with Gasteiger partial charge in [0.15, 0.2) is 5.58 Å². The Morgan fingerprint density at radius 2 is 1.96 bits per heavy atom. The van der Waals surface area contributed by atoms with E-state index in [1.165, 1.54) is 4.57 Å². The van der Waals surface area contributed by atoms with Crippen molar-refractivity contribution in [3.8, 4) is 0 Å². The molecule has 2 rings (SSSR count). The topological polar surface area (TPSA) is 84.5 Å². The fourth-order valence-corrected chi connectivity index (χ4v) is 2.95. The molecule has 6 heteroatoms. The monoisotopic (exact) mass is 320 g/mol. The van der Waals surface area contributed by atoms with Gasteiger partial charge in [-0.1, -0.05) is 26.7 Å². The number of aryl methyl sites for hydroxylation is 1. The van der Waals surface area contributed by atoms with Crippen molar-refractivity contribution in [2.75, 3.05) is 5.32 Å². The second kappa shape index (κ2) is 7.00. The Kier molecular flexibility index (Phi) is 5.26. The zero-order valence-corrected chi connectivity index (χ0v) is 13.9. The van der Waals surface area contributed by atoms with Crippen LogP contribution in [0.2, 0.25) is 0 Å². The zero-order valence-electron chi connectivity index (χ0n) is 13.9. The molecule has 0 atom stereocenters. The molecule has 0 saturated carbocycles. The number of anilines is 1. The Labute approximate surface area is 135 Å². The number of amides is 1. The molecule has 0 aliphatic carbocycles. The van der Waals surface area contributed by atoms with Gasteiger partial charge in [-0.2, -0.15) is 0 Å². The maximum absolute atomic E-state index is 12.2. The first-order valence-electron chi connectivity index (χ1n) is 8.00. The van der Waals surface area contributed by atoms with Gasteiger partial charge in [0.25, 0.3) is 0 Å². The molecule has 6 nitrogen and oxygen atoms in total. The fourth-order valence-electron chi connectivity index (χ4n) is 2.95. The van der Waals surface area contributed by atoms with Crippen LogP contribution in [-0.2, 0) is 11.8 Å². The highest BCUT2D eigenvalue weighted by atomic mass is 16.4. The lowest BCUT2D eigenvalue weighted by Gasteiger charge is -2.26. The van der Waals surface area contributed by atoms with E-state index in [0.29, 0.717) is 29.6 Å². The smallest absolute Gasteiger partial charge is 0.408 e. The number of carbonyl (C=O) groups excluding carboxylic acids is 1. The molecule has 0 aliphatic heterocycles. The average molecular weight is 320 g/mol. The van der Waals surface area contributed by atoms with Crippen LogP contribution in [0.1, 0.15) is 46.0 Å². The van der Waals surface area contributed by atoms with Crippen LogP contribution in [0.3, 0.4) is 0 Å². The maximum Gasteiger partial charge on any atom is 0.419 e. The lowest BCUT2D eigenvalue weighted by molar-refractivity contribution is -0.121. The van der Waals surface area contributed by atoms with E-state index in [1.807, 2.05) is 13.8 Å². The number of nitrogens with zero attached hydrogens (tertiary/aromatic N) is 1. The predicted molar refractivity (Wildman–Crippen MR) is 89.5 cm³/mol. The summed E-state index contributed by atoms with van der Waals surface area (Å²) in [6, 6.07) is 5.06. The summed E-state index contributed by atoms with van der Waals surface area (Å²) in [5.74, 6) is -0.684. The second-order valence-electron chi connectivity index (χ2n) is 6.06. The van der Waals surface area contributed by atoms with Gasteiger partial charge in [-0.15, -0.1) is 0 Å². The van der Waals surface area contributed by atoms with E-state index in [4.69, 9.17) is 4.42 Å². The Morgan fingerprint density at radius 1 is 1.30 bits per heavy atom. The summed E-state index contributed by atoms with van der Waals surface area (Å²) in [5.41, 5.74) is 0.679. The second-order valence-corrected chi connectivity index (χ2v) is 6.06. The van der Waals surface area contributed by atoms with E-state index in [-0.39, 0.29) is 12.3 Å². The molecule has 0 aliphatic rings. The molecule has 1 aromatic carbocycles. The Bertz CT molecular complexity index is 739. The predicted octanol–water partition coefficient (Wildman–Crippen LogP) is 2.79. The van der Waals surface area contributed by atoms with E-state index in [2.05, 4.69) is 5.32 Å². The third-order valence-electron chi connectivity index (χ3n) is 4.00. The van der Waals surface area contributed by atoms with Gasteiger partial charge < -0.3 is 14.8 Å². The first-order valence-corrected chi connectivity index (χ1v) is 8.00. The molecular weight excluding hydrogens is 296 g/mol. The van der Waals surface area contributed by atoms with E-state index in [9.17, 15) is 14.7 Å². The lowest BCUT2D eigenvalue weighted by Crippen LogP contribution is -2.33. The third kappa shape index (κ3) is 4.01. The van der Waals surface area contributed by atoms with Crippen LogP contribution in [0.15, 0.2) is 27.4 Å². The lowest BCUT2D eigenvalue weighted by atomic mass is 9.89. The van der Waals surface area contributed by atoms with Gasteiger partial charge in [0.1, 0.15) is 0 Å². The minimum absolute atomic E-state index is 0.0610. The molecule has 0 unspecified atom stereocenters. The van der Waals surface area contributed by atoms with Crippen molar-refractivity contribution in [2.24, 2.45) is 7.05 Å². The molecule has 0 spiro atoms. The molecule has 2 N–H and O–H groups in total. The number of benzene rings is 1. The van der Waals surface area contributed by atoms with E-state index in [0.717, 1.165) is 12.8 Å². The number of fused-ring (bicyclic) bond motifs is 1. The minimum Gasteiger partial charge on any atom is -0.408 e. The van der Waals surface area contributed by atoms with Crippen LogP contribution in [0, 0.1) is 0 Å². The van der Waals surface area contributed by atoms with E-state index >= 15 is 0 Å². The summed E-state index contributed by atoms with van der Waals surface area (Å²) >= 11 is 0. The van der Waals surface area contributed by atoms with Crippen LogP contribution in [0.5, 0.6) is 0 Å². The molecular formula is C17H24N2O4. The highest BCUT2D eigenvalue weighted by molar-refractivity contribution is 5.93. The van der Waals surface area contributed by atoms with Gasteiger partial charge in [0.05, 0.1) is 17.5 Å². The first-order chi connectivity index (χ1) is 10.9. The number of hydrogen-bond donors (Lipinski definition) is 2. The van der Waals surface area contributed by atoms with Crippen molar-refractivity contribution in [1.82, 2.24) is 4.57 Å². The number of aromatic nitrogens is 1. The van der Waals surface area contributed by atoms with Crippen LogP contribution < -0.4 is 11.1 Å². The highest BCUT2D eigenvalue weighted by Gasteiger charge is 2.28. The number of aliphatic hydroxyl groups is 1. The van der Waals surface area contributed by atoms with Gasteiger partial charge in [0, 0.05) is 18.8 Å². The van der Waals surface area contributed by atoms with Gasteiger partial charge in [-0.3, -0.25) is 9.36 Å². The average Bonchev–Trinajstić information content (AvgIpc) is 2.73. The van der Waals surface area contributed by atoms with E-state index < -0.39 is 11.4 Å². The van der Waals surface area contributed by atoms with Crippen molar-refractivity contribution in [3.05, 3.63) is 28.7 Å². The molecule has 1 aromatic heterocycles. The quantitative estimate of drug-likeness (QED) is 0.821. The molecule has 23 heavy (non-hydrogen) atoms. The number of hydrogen-bond acceptors (Lipinski definition) is 4. The Balaban J connectivity index is 2.12. The van der Waals surface area contributed by atoms with E-state index in [1.54, 1.807) is 25.2 Å². The molecule has 126 valence electrons. The van der Waals surface area contributed by atoms with Crippen LogP contribution >= 0.6 is 0 Å². The van der Waals surface area contributed by atoms with Gasteiger partial charge >= 0.3 is 5.76 Å². The Morgan fingerprint density at radius 3 is 2.57 bits per heavy atom. The SMILES string of the molecule is CCCC(O)(CCC)CC(=O)Nc1ccc2c(c1)oc(=O)n2C. The number of carbonyl (C=O) groups is 1. The molecule has 1 heterocycles. The molecule has 0 fully saturated rings.